The van der Waals surface area contributed by atoms with Gasteiger partial charge in [-0.1, -0.05) is 6.07 Å². The molecule has 36 heavy (non-hydrogen) atoms. The summed E-state index contributed by atoms with van der Waals surface area (Å²) < 4.78 is 63.3. The molecule has 0 saturated carbocycles. The second-order valence-corrected chi connectivity index (χ2v) is 11.9. The average Bonchev–Trinajstić information content (AvgIpc) is 3.20. The van der Waals surface area contributed by atoms with Crippen molar-refractivity contribution in [3.05, 3.63) is 64.7 Å². The molecule has 0 spiro atoms. The number of thiazole rings is 1. The van der Waals surface area contributed by atoms with E-state index >= 15 is 0 Å². The van der Waals surface area contributed by atoms with Crippen LogP contribution in [0, 0.1) is 12.7 Å². The van der Waals surface area contributed by atoms with Crippen LogP contribution in [-0.2, 0) is 40.1 Å². The third kappa shape index (κ3) is 8.26. The first kappa shape index (κ1) is 28.6. The van der Waals surface area contributed by atoms with E-state index in [1.165, 1.54) is 26.0 Å². The summed E-state index contributed by atoms with van der Waals surface area (Å²) in [6, 6.07) is 7.60. The van der Waals surface area contributed by atoms with Crippen molar-refractivity contribution >= 4 is 26.8 Å². The van der Waals surface area contributed by atoms with Gasteiger partial charge in [-0.25, -0.2) is 13.9 Å². The number of phosphoric acid groups is 1. The topological polar surface area (TPSA) is 126 Å². The molecule has 0 radical (unpaired) electrons. The monoisotopic (exact) mass is 560 g/mol. The number of phosphoric ester groups is 1. The molecule has 3 rings (SSSR count). The van der Waals surface area contributed by atoms with E-state index in [4.69, 9.17) is 13.8 Å². The van der Waals surface area contributed by atoms with Crippen molar-refractivity contribution in [3.63, 3.8) is 0 Å². The van der Waals surface area contributed by atoms with Gasteiger partial charge in [-0.15, -0.1) is 20.7 Å². The molecule has 0 amide bonds. The standard InChI is InChI=1S/C22H27FN2O8P2S/c1-4-30-35(28,31-5-2)33-32-34(26,27)15-17-6-7-21(19(23)14-17)29-13-10-20-16(3)36-22(25-20)18-8-11-24-12-9-18/h6-9,11-12,14H,4-5,10,13,15H2,1-3H3,(H,26,27). The van der Waals surface area contributed by atoms with Crippen molar-refractivity contribution in [1.82, 2.24) is 9.97 Å². The molecule has 1 aromatic carbocycles. The second kappa shape index (κ2) is 13.0. The highest BCUT2D eigenvalue weighted by Gasteiger charge is 2.33. The van der Waals surface area contributed by atoms with Crippen LogP contribution in [0.5, 0.6) is 5.75 Å². The molecular weight excluding hydrogens is 533 g/mol. The summed E-state index contributed by atoms with van der Waals surface area (Å²) in [7, 11) is -8.61. The third-order valence-electron chi connectivity index (χ3n) is 4.61. The Balaban J connectivity index is 1.55. The summed E-state index contributed by atoms with van der Waals surface area (Å²) in [5, 5.41) is 0.874. The Morgan fingerprint density at radius 3 is 2.39 bits per heavy atom. The summed E-state index contributed by atoms with van der Waals surface area (Å²) in [5.74, 6) is -0.724. The molecule has 2 heterocycles. The summed E-state index contributed by atoms with van der Waals surface area (Å²) in [4.78, 5) is 19.7. The average molecular weight is 560 g/mol. The normalized spacial score (nSPS) is 13.5. The molecule has 0 aliphatic rings. The predicted octanol–water partition coefficient (Wildman–Crippen LogP) is 6.09. The van der Waals surface area contributed by atoms with Gasteiger partial charge < -0.3 is 9.63 Å². The van der Waals surface area contributed by atoms with Crippen molar-refractivity contribution in [2.75, 3.05) is 19.8 Å². The molecule has 196 valence electrons. The van der Waals surface area contributed by atoms with Crippen LogP contribution in [-0.4, -0.2) is 34.7 Å². The van der Waals surface area contributed by atoms with Gasteiger partial charge in [0, 0.05) is 29.3 Å². The van der Waals surface area contributed by atoms with Gasteiger partial charge in [-0.2, -0.15) is 0 Å². The largest absolute Gasteiger partial charge is 0.502 e. The van der Waals surface area contributed by atoms with Crippen molar-refractivity contribution in [2.24, 2.45) is 0 Å². The Morgan fingerprint density at radius 1 is 1.06 bits per heavy atom. The summed E-state index contributed by atoms with van der Waals surface area (Å²) in [6.07, 6.45) is 3.29. The summed E-state index contributed by atoms with van der Waals surface area (Å²) in [5.41, 5.74) is 1.98. The number of rotatable bonds is 14. The Morgan fingerprint density at radius 2 is 1.75 bits per heavy atom. The molecular formula is C22H27FN2O8P2S. The lowest BCUT2D eigenvalue weighted by molar-refractivity contribution is -0.139. The number of ether oxygens (including phenoxy) is 1. The van der Waals surface area contributed by atoms with Crippen LogP contribution in [0.25, 0.3) is 10.6 Å². The molecule has 1 N–H and O–H groups in total. The first-order valence-corrected chi connectivity index (χ1v) is 15.1. The molecule has 1 unspecified atom stereocenters. The molecule has 0 saturated heterocycles. The first-order chi connectivity index (χ1) is 17.1. The highest BCUT2D eigenvalue weighted by molar-refractivity contribution is 7.53. The Labute approximate surface area is 212 Å². The van der Waals surface area contributed by atoms with Crippen LogP contribution < -0.4 is 4.74 Å². The number of hydrogen-bond donors (Lipinski definition) is 1. The van der Waals surface area contributed by atoms with Gasteiger partial charge in [0.05, 0.1) is 31.7 Å². The zero-order valence-electron chi connectivity index (χ0n) is 20.0. The van der Waals surface area contributed by atoms with Crippen LogP contribution in [0.3, 0.4) is 0 Å². The fraction of sp³-hybridized carbons (Fsp3) is 0.364. The molecule has 2 aromatic heterocycles. The molecule has 14 heteroatoms. The maximum atomic E-state index is 14.6. The van der Waals surface area contributed by atoms with Gasteiger partial charge in [0.25, 0.3) is 0 Å². The van der Waals surface area contributed by atoms with Crippen LogP contribution >= 0.6 is 26.8 Å². The smallest absolute Gasteiger partial charge is 0.490 e. The molecule has 3 aromatic rings. The van der Waals surface area contributed by atoms with Gasteiger partial charge in [0.15, 0.2) is 11.6 Å². The number of benzene rings is 1. The Bertz CT molecular complexity index is 1230. The second-order valence-electron chi connectivity index (χ2n) is 7.35. The molecule has 0 bridgehead atoms. The molecule has 10 nitrogen and oxygen atoms in total. The predicted molar refractivity (Wildman–Crippen MR) is 132 cm³/mol. The number of halogens is 1. The highest BCUT2D eigenvalue weighted by Crippen LogP contribution is 2.56. The number of aryl methyl sites for hydroxylation is 1. The Kier molecular flexibility index (Phi) is 10.3. The minimum absolute atomic E-state index is 0.0110. The maximum absolute atomic E-state index is 14.6. The molecule has 0 aliphatic carbocycles. The van der Waals surface area contributed by atoms with Crippen LogP contribution in [0.2, 0.25) is 0 Å². The summed E-state index contributed by atoms with van der Waals surface area (Å²) in [6.45, 7) is 5.17. The van der Waals surface area contributed by atoms with Gasteiger partial charge in [0.1, 0.15) is 5.01 Å². The maximum Gasteiger partial charge on any atom is 0.502 e. The van der Waals surface area contributed by atoms with Gasteiger partial charge >= 0.3 is 15.4 Å². The molecule has 0 fully saturated rings. The van der Waals surface area contributed by atoms with Crippen molar-refractivity contribution < 1.29 is 41.5 Å². The molecule has 1 atom stereocenters. The minimum Gasteiger partial charge on any atom is -0.490 e. The third-order valence-corrected chi connectivity index (χ3v) is 8.27. The van der Waals surface area contributed by atoms with E-state index in [-0.39, 0.29) is 31.1 Å². The van der Waals surface area contributed by atoms with Crippen LogP contribution in [0.1, 0.15) is 30.0 Å². The van der Waals surface area contributed by atoms with Crippen LogP contribution in [0.15, 0.2) is 42.7 Å². The number of aromatic nitrogens is 2. The number of pyridine rings is 1. The van der Waals surface area contributed by atoms with E-state index in [2.05, 4.69) is 19.3 Å². The minimum atomic E-state index is -4.46. The quantitative estimate of drug-likeness (QED) is 0.141. The lowest BCUT2D eigenvalue weighted by Gasteiger charge is -2.17. The first-order valence-electron chi connectivity index (χ1n) is 11.0. The number of nitrogens with zero attached hydrogens (tertiary/aromatic N) is 2. The van der Waals surface area contributed by atoms with E-state index in [0.29, 0.717) is 6.42 Å². The summed E-state index contributed by atoms with van der Waals surface area (Å²) >= 11 is 1.56. The van der Waals surface area contributed by atoms with Gasteiger partial charge in [-0.3, -0.25) is 18.6 Å². The van der Waals surface area contributed by atoms with Crippen molar-refractivity contribution in [3.8, 4) is 16.3 Å². The van der Waals surface area contributed by atoms with E-state index in [9.17, 15) is 18.4 Å². The molecule has 0 aliphatic heterocycles. The zero-order valence-corrected chi connectivity index (χ0v) is 22.6. The van der Waals surface area contributed by atoms with Crippen molar-refractivity contribution in [2.45, 2.75) is 33.4 Å². The highest BCUT2D eigenvalue weighted by atomic mass is 32.1. The van der Waals surface area contributed by atoms with Crippen LogP contribution in [0.4, 0.5) is 4.39 Å². The SMILES string of the molecule is CCOP(=O)(OCC)OOP(=O)(O)Cc1ccc(OCCc2nc(-c3ccncc3)sc2C)c(F)c1. The van der Waals surface area contributed by atoms with E-state index in [1.54, 1.807) is 23.7 Å². The van der Waals surface area contributed by atoms with Gasteiger partial charge in [-0.05, 0) is 50.6 Å². The fourth-order valence-electron chi connectivity index (χ4n) is 3.04. The number of hydrogen-bond acceptors (Lipinski definition) is 10. The lowest BCUT2D eigenvalue weighted by Crippen LogP contribution is -2.04. The van der Waals surface area contributed by atoms with E-state index < -0.39 is 27.4 Å². The zero-order chi connectivity index (χ0) is 26.2. The fourth-order valence-corrected chi connectivity index (χ4v) is 6.25. The van der Waals surface area contributed by atoms with Crippen molar-refractivity contribution in [1.29, 1.82) is 0 Å². The van der Waals surface area contributed by atoms with E-state index in [0.717, 1.165) is 27.2 Å². The van der Waals surface area contributed by atoms with E-state index in [1.807, 2.05) is 19.1 Å². The Hall–Kier alpha value is -2.01. The van der Waals surface area contributed by atoms with Gasteiger partial charge in [0.2, 0.25) is 0 Å². The lowest BCUT2D eigenvalue weighted by atomic mass is 10.2.